The van der Waals surface area contributed by atoms with Crippen molar-refractivity contribution < 1.29 is 27.4 Å². The van der Waals surface area contributed by atoms with Gasteiger partial charge in [-0.2, -0.15) is 4.31 Å². The van der Waals surface area contributed by atoms with Crippen LogP contribution in [0.25, 0.3) is 0 Å². The van der Waals surface area contributed by atoms with Gasteiger partial charge in [-0.25, -0.2) is 8.42 Å². The van der Waals surface area contributed by atoms with Gasteiger partial charge in [0.1, 0.15) is 28.2 Å². The van der Waals surface area contributed by atoms with Gasteiger partial charge in [0.15, 0.2) is 0 Å². The minimum atomic E-state index is -3.69. The molecule has 2 aliphatic rings. The summed E-state index contributed by atoms with van der Waals surface area (Å²) in [7, 11) is -2.05. The second kappa shape index (κ2) is 8.52. The van der Waals surface area contributed by atoms with Gasteiger partial charge in [0.25, 0.3) is 5.91 Å². The first-order valence-corrected chi connectivity index (χ1v) is 11.8. The van der Waals surface area contributed by atoms with Gasteiger partial charge >= 0.3 is 0 Å². The van der Waals surface area contributed by atoms with E-state index in [-0.39, 0.29) is 16.7 Å². The van der Waals surface area contributed by atoms with Crippen molar-refractivity contribution in [2.75, 3.05) is 38.2 Å². The van der Waals surface area contributed by atoms with E-state index in [4.69, 9.17) is 14.2 Å². The van der Waals surface area contributed by atoms with Gasteiger partial charge in [-0.05, 0) is 26.0 Å². The third kappa shape index (κ3) is 4.28. The number of amides is 1. The predicted molar refractivity (Wildman–Crippen MR) is 114 cm³/mol. The fraction of sp³-hybridized carbons (Fsp3) is 0.476. The molecule has 0 spiro atoms. The summed E-state index contributed by atoms with van der Waals surface area (Å²) in [5.41, 5.74) is 1.74. The maximum Gasteiger partial charge on any atom is 0.272 e. The summed E-state index contributed by atoms with van der Waals surface area (Å²) in [6, 6.07) is 5.04. The van der Waals surface area contributed by atoms with Crippen LogP contribution in [0.1, 0.15) is 29.9 Å². The first-order chi connectivity index (χ1) is 14.8. The Bertz CT molecular complexity index is 1090. The molecule has 1 aromatic carbocycles. The molecule has 1 amide bonds. The number of sulfonamides is 1. The fourth-order valence-electron chi connectivity index (χ4n) is 3.84. The lowest BCUT2D eigenvalue weighted by Gasteiger charge is -2.25. The number of rotatable bonds is 6. The first-order valence-electron chi connectivity index (χ1n) is 10.3. The number of carbonyl (C=O) groups excluding carboxylic acids is 1. The van der Waals surface area contributed by atoms with Crippen molar-refractivity contribution in [1.29, 1.82) is 0 Å². The Morgan fingerprint density at radius 1 is 1.26 bits per heavy atom. The highest BCUT2D eigenvalue weighted by molar-refractivity contribution is 7.89. The van der Waals surface area contributed by atoms with Gasteiger partial charge in [-0.3, -0.25) is 4.79 Å². The lowest BCUT2D eigenvalue weighted by atomic mass is 10.1. The average molecular weight is 450 g/mol. The zero-order valence-corrected chi connectivity index (χ0v) is 18.7. The fourth-order valence-corrected chi connectivity index (χ4v) is 5.32. The van der Waals surface area contributed by atoms with Crippen LogP contribution in [0.3, 0.4) is 0 Å². The zero-order valence-electron chi connectivity index (χ0n) is 17.9. The number of nitrogens with one attached hydrogen (secondary N) is 1. The van der Waals surface area contributed by atoms with Crippen molar-refractivity contribution >= 4 is 21.6 Å². The topological polar surface area (TPSA) is 99.1 Å². The molecule has 1 aromatic heterocycles. The third-order valence-electron chi connectivity index (χ3n) is 5.37. The molecule has 0 radical (unpaired) electrons. The minimum Gasteiger partial charge on any atom is -0.492 e. The van der Waals surface area contributed by atoms with E-state index in [2.05, 4.69) is 5.32 Å². The van der Waals surface area contributed by atoms with Crippen molar-refractivity contribution in [1.82, 2.24) is 8.87 Å². The lowest BCUT2D eigenvalue weighted by molar-refractivity contribution is 0.0730. The summed E-state index contributed by atoms with van der Waals surface area (Å²) in [4.78, 5) is 13.1. The molecule has 1 fully saturated rings. The first kappa shape index (κ1) is 21.7. The van der Waals surface area contributed by atoms with Crippen LogP contribution in [-0.2, 0) is 28.2 Å². The molecular weight excluding hydrogens is 422 g/mol. The monoisotopic (exact) mass is 449 g/mol. The Kier molecular flexibility index (Phi) is 5.96. The summed E-state index contributed by atoms with van der Waals surface area (Å²) in [5, 5.41) is 2.85. The number of aromatic nitrogens is 1. The number of anilines is 1. The summed E-state index contributed by atoms with van der Waals surface area (Å²) >= 11 is 0. The molecule has 4 rings (SSSR count). The van der Waals surface area contributed by atoms with E-state index in [1.807, 2.05) is 19.9 Å². The number of carbonyl (C=O) groups is 1. The Morgan fingerprint density at radius 2 is 2.00 bits per heavy atom. The summed E-state index contributed by atoms with van der Waals surface area (Å²) in [5.74, 6) is 0.842. The standard InChI is InChI=1S/C21H27N3O6S/c1-4-29-20-10-15-9-14(2)30-19(15)12-17(20)22-21(25)18-11-16(13-23(18)3)31(26,27)24-5-7-28-8-6-24/h10-14H,4-9H2,1-3H3,(H,22,25)/t14-/m1/s1. The van der Waals surface area contributed by atoms with Crippen LogP contribution in [0.5, 0.6) is 11.5 Å². The van der Waals surface area contributed by atoms with Crippen LogP contribution in [0.4, 0.5) is 5.69 Å². The highest BCUT2D eigenvalue weighted by Crippen LogP contribution is 2.38. The second-order valence-electron chi connectivity index (χ2n) is 7.66. The molecule has 1 N–H and O–H groups in total. The van der Waals surface area contributed by atoms with Gasteiger partial charge < -0.3 is 24.1 Å². The van der Waals surface area contributed by atoms with Gasteiger partial charge in [0.05, 0.1) is 25.5 Å². The highest BCUT2D eigenvalue weighted by atomic mass is 32.2. The third-order valence-corrected chi connectivity index (χ3v) is 7.23. The Morgan fingerprint density at radius 3 is 2.71 bits per heavy atom. The van der Waals surface area contributed by atoms with Crippen LogP contribution in [-0.4, -0.2) is 62.2 Å². The molecule has 0 saturated carbocycles. The number of benzene rings is 1. The number of morpholine rings is 1. The van der Waals surface area contributed by atoms with Crippen molar-refractivity contribution in [3.05, 3.63) is 35.7 Å². The van der Waals surface area contributed by atoms with Crippen LogP contribution in [0.15, 0.2) is 29.3 Å². The smallest absolute Gasteiger partial charge is 0.272 e. The minimum absolute atomic E-state index is 0.0660. The SMILES string of the molecule is CCOc1cc2c(cc1NC(=O)c1cc(S(=O)(=O)N3CCOCC3)cn1C)O[C@H](C)C2. The Labute approximate surface area is 181 Å². The van der Waals surface area contributed by atoms with E-state index in [0.717, 1.165) is 12.0 Å². The largest absolute Gasteiger partial charge is 0.492 e. The van der Waals surface area contributed by atoms with Crippen molar-refractivity contribution in [2.45, 2.75) is 31.3 Å². The van der Waals surface area contributed by atoms with Crippen molar-refractivity contribution in [3.8, 4) is 11.5 Å². The molecule has 0 unspecified atom stereocenters. The molecule has 2 aromatic rings. The van der Waals surface area contributed by atoms with Gasteiger partial charge in [0.2, 0.25) is 10.0 Å². The molecule has 3 heterocycles. The van der Waals surface area contributed by atoms with Gasteiger partial charge in [0, 0.05) is 44.4 Å². The van der Waals surface area contributed by atoms with Gasteiger partial charge in [-0.1, -0.05) is 0 Å². The average Bonchev–Trinajstić information content (AvgIpc) is 3.31. The highest BCUT2D eigenvalue weighted by Gasteiger charge is 2.29. The van der Waals surface area contributed by atoms with Crippen molar-refractivity contribution in [3.63, 3.8) is 0 Å². The molecule has 1 saturated heterocycles. The van der Waals surface area contributed by atoms with E-state index in [1.165, 1.54) is 21.1 Å². The maximum absolute atomic E-state index is 13.0. The normalized spacial score (nSPS) is 19.0. The molecule has 168 valence electrons. The number of ether oxygens (including phenoxy) is 3. The Balaban J connectivity index is 1.59. The number of aryl methyl sites for hydroxylation is 1. The number of fused-ring (bicyclic) bond motifs is 1. The van der Waals surface area contributed by atoms with Crippen molar-refractivity contribution in [2.24, 2.45) is 7.05 Å². The number of hydrogen-bond donors (Lipinski definition) is 1. The number of hydrogen-bond acceptors (Lipinski definition) is 6. The van der Waals surface area contributed by atoms with E-state index in [1.54, 1.807) is 13.1 Å². The zero-order chi connectivity index (χ0) is 22.2. The molecule has 9 nitrogen and oxygen atoms in total. The van der Waals surface area contributed by atoms with E-state index in [0.29, 0.717) is 50.1 Å². The summed E-state index contributed by atoms with van der Waals surface area (Å²) < 4.78 is 45.5. The maximum atomic E-state index is 13.0. The van der Waals surface area contributed by atoms with E-state index in [9.17, 15) is 13.2 Å². The summed E-state index contributed by atoms with van der Waals surface area (Å²) in [6.45, 7) is 5.62. The number of nitrogens with zero attached hydrogens (tertiary/aromatic N) is 2. The molecule has 2 aliphatic heterocycles. The van der Waals surface area contributed by atoms with Gasteiger partial charge in [-0.15, -0.1) is 0 Å². The Hall–Kier alpha value is -2.56. The molecular formula is C21H27N3O6S. The quantitative estimate of drug-likeness (QED) is 0.725. The molecule has 10 heteroatoms. The van der Waals surface area contributed by atoms with Crippen LogP contribution >= 0.6 is 0 Å². The molecule has 0 aliphatic carbocycles. The molecule has 31 heavy (non-hydrogen) atoms. The molecule has 0 bridgehead atoms. The van der Waals surface area contributed by atoms with Crippen LogP contribution in [0, 0.1) is 0 Å². The van der Waals surface area contributed by atoms with E-state index < -0.39 is 15.9 Å². The van der Waals surface area contributed by atoms with E-state index >= 15 is 0 Å². The molecule has 1 atom stereocenters. The lowest BCUT2D eigenvalue weighted by Crippen LogP contribution is -2.40. The second-order valence-corrected chi connectivity index (χ2v) is 9.60. The summed E-state index contributed by atoms with van der Waals surface area (Å²) in [6.07, 6.45) is 2.30. The predicted octanol–water partition coefficient (Wildman–Crippen LogP) is 2.02. The van der Waals surface area contributed by atoms with Crippen LogP contribution < -0.4 is 14.8 Å². The van der Waals surface area contributed by atoms with Crippen LogP contribution in [0.2, 0.25) is 0 Å².